The number of anilines is 1. The highest BCUT2D eigenvalue weighted by Gasteiger charge is 2.20. The van der Waals surface area contributed by atoms with Crippen LogP contribution < -0.4 is 5.32 Å². The molecular formula is C16H26N4O. The van der Waals surface area contributed by atoms with E-state index in [1.54, 1.807) is 0 Å². The number of urea groups is 1. The molecule has 1 saturated heterocycles. The zero-order chi connectivity index (χ0) is 15.1. The average molecular weight is 290 g/mol. The molecule has 0 saturated carbocycles. The Morgan fingerprint density at radius 1 is 1.14 bits per heavy atom. The van der Waals surface area contributed by atoms with Crippen LogP contribution >= 0.6 is 0 Å². The minimum absolute atomic E-state index is 0.00846. The van der Waals surface area contributed by atoms with Gasteiger partial charge < -0.3 is 15.1 Å². The van der Waals surface area contributed by atoms with Crippen molar-refractivity contribution < 1.29 is 4.79 Å². The Balaban J connectivity index is 1.69. The van der Waals surface area contributed by atoms with Crippen molar-refractivity contribution in [2.75, 3.05) is 58.7 Å². The van der Waals surface area contributed by atoms with Crippen LogP contribution in [0.3, 0.4) is 0 Å². The summed E-state index contributed by atoms with van der Waals surface area (Å²) in [4.78, 5) is 18.7. The number of hydrogen-bond acceptors (Lipinski definition) is 3. The van der Waals surface area contributed by atoms with Crippen LogP contribution in [-0.4, -0.2) is 74.1 Å². The molecule has 116 valence electrons. The molecule has 2 rings (SSSR count). The fourth-order valence-corrected chi connectivity index (χ4v) is 2.51. The van der Waals surface area contributed by atoms with Crippen molar-refractivity contribution in [2.45, 2.75) is 6.42 Å². The highest BCUT2D eigenvalue weighted by atomic mass is 16.2. The molecule has 1 aliphatic heterocycles. The summed E-state index contributed by atoms with van der Waals surface area (Å²) in [5.41, 5.74) is 0.857. The van der Waals surface area contributed by atoms with Crippen molar-refractivity contribution >= 4 is 11.7 Å². The van der Waals surface area contributed by atoms with Crippen LogP contribution in [-0.2, 0) is 0 Å². The first-order valence-corrected chi connectivity index (χ1v) is 7.63. The smallest absolute Gasteiger partial charge is 0.321 e. The Morgan fingerprint density at radius 2 is 1.81 bits per heavy atom. The lowest BCUT2D eigenvalue weighted by atomic mass is 10.3. The third kappa shape index (κ3) is 5.36. The van der Waals surface area contributed by atoms with Gasteiger partial charge in [0.2, 0.25) is 0 Å². The maximum absolute atomic E-state index is 12.2. The summed E-state index contributed by atoms with van der Waals surface area (Å²) in [5, 5.41) is 2.95. The highest BCUT2D eigenvalue weighted by Crippen LogP contribution is 2.09. The largest absolute Gasteiger partial charge is 0.322 e. The first-order valence-electron chi connectivity index (χ1n) is 7.63. The number of benzene rings is 1. The minimum Gasteiger partial charge on any atom is -0.322 e. The second-order valence-electron chi connectivity index (χ2n) is 5.78. The summed E-state index contributed by atoms with van der Waals surface area (Å²) >= 11 is 0. The van der Waals surface area contributed by atoms with Gasteiger partial charge in [0.15, 0.2) is 0 Å². The molecule has 21 heavy (non-hydrogen) atoms. The van der Waals surface area contributed by atoms with E-state index in [-0.39, 0.29) is 6.03 Å². The predicted octanol–water partition coefficient (Wildman–Crippen LogP) is 1.79. The van der Waals surface area contributed by atoms with Crippen LogP contribution in [0.5, 0.6) is 0 Å². The maximum atomic E-state index is 12.2. The number of nitrogens with one attached hydrogen (secondary N) is 1. The second-order valence-corrected chi connectivity index (χ2v) is 5.78. The summed E-state index contributed by atoms with van der Waals surface area (Å²) in [6.07, 6.45) is 1.18. The zero-order valence-corrected chi connectivity index (χ0v) is 13.1. The van der Waals surface area contributed by atoms with Gasteiger partial charge in [-0.05, 0) is 45.7 Å². The number of piperazine rings is 1. The molecule has 5 nitrogen and oxygen atoms in total. The van der Waals surface area contributed by atoms with E-state index in [1.807, 2.05) is 35.2 Å². The van der Waals surface area contributed by atoms with Crippen molar-refractivity contribution in [1.29, 1.82) is 0 Å². The lowest BCUT2D eigenvalue weighted by Gasteiger charge is -2.34. The number of nitrogens with zero attached hydrogens (tertiary/aromatic N) is 3. The number of amides is 2. The summed E-state index contributed by atoms with van der Waals surface area (Å²) in [7, 11) is 4.21. The fraction of sp³-hybridized carbons (Fsp3) is 0.562. The molecule has 2 amide bonds. The van der Waals surface area contributed by atoms with Gasteiger partial charge in [-0.2, -0.15) is 0 Å². The first kappa shape index (κ1) is 15.8. The zero-order valence-electron chi connectivity index (χ0n) is 13.1. The number of carbonyl (C=O) groups excluding carboxylic acids is 1. The third-order valence-corrected chi connectivity index (χ3v) is 3.76. The molecule has 0 unspecified atom stereocenters. The molecule has 1 aromatic rings. The number of rotatable bonds is 5. The summed E-state index contributed by atoms with van der Waals surface area (Å²) in [6.45, 7) is 5.79. The monoisotopic (exact) mass is 290 g/mol. The van der Waals surface area contributed by atoms with E-state index < -0.39 is 0 Å². The van der Waals surface area contributed by atoms with Crippen LogP contribution in [0, 0.1) is 0 Å². The van der Waals surface area contributed by atoms with E-state index in [9.17, 15) is 4.79 Å². The van der Waals surface area contributed by atoms with Gasteiger partial charge in [0, 0.05) is 31.9 Å². The van der Waals surface area contributed by atoms with Gasteiger partial charge in [0.05, 0.1) is 0 Å². The topological polar surface area (TPSA) is 38.8 Å². The van der Waals surface area contributed by atoms with E-state index in [0.717, 1.165) is 45.0 Å². The number of para-hydroxylation sites is 1. The molecule has 5 heteroatoms. The molecule has 0 bridgehead atoms. The van der Waals surface area contributed by atoms with Crippen LogP contribution in [0.4, 0.5) is 10.5 Å². The van der Waals surface area contributed by atoms with E-state index in [4.69, 9.17) is 0 Å². The van der Waals surface area contributed by atoms with Crippen molar-refractivity contribution in [1.82, 2.24) is 14.7 Å². The van der Waals surface area contributed by atoms with Gasteiger partial charge in [-0.25, -0.2) is 4.79 Å². The fourth-order valence-electron chi connectivity index (χ4n) is 2.51. The van der Waals surface area contributed by atoms with E-state index in [0.29, 0.717) is 0 Å². The number of hydrogen-bond donors (Lipinski definition) is 1. The lowest BCUT2D eigenvalue weighted by Crippen LogP contribution is -2.50. The number of carbonyl (C=O) groups is 1. The summed E-state index contributed by atoms with van der Waals surface area (Å²) in [5.74, 6) is 0. The SMILES string of the molecule is CN(C)CCCN1CCN(C(=O)Nc2ccccc2)CC1. The van der Waals surface area contributed by atoms with E-state index >= 15 is 0 Å². The highest BCUT2D eigenvalue weighted by molar-refractivity contribution is 5.89. The average Bonchev–Trinajstić information content (AvgIpc) is 2.48. The quantitative estimate of drug-likeness (QED) is 0.898. The molecule has 0 radical (unpaired) electrons. The van der Waals surface area contributed by atoms with Gasteiger partial charge >= 0.3 is 6.03 Å². The summed E-state index contributed by atoms with van der Waals surface area (Å²) < 4.78 is 0. The van der Waals surface area contributed by atoms with Crippen LogP contribution in [0.15, 0.2) is 30.3 Å². The third-order valence-electron chi connectivity index (χ3n) is 3.76. The van der Waals surface area contributed by atoms with Crippen LogP contribution in [0.25, 0.3) is 0 Å². The van der Waals surface area contributed by atoms with Gasteiger partial charge in [-0.15, -0.1) is 0 Å². The molecule has 1 aromatic carbocycles. The molecule has 0 spiro atoms. The Kier molecular flexibility index (Phi) is 6.02. The van der Waals surface area contributed by atoms with Gasteiger partial charge in [0.25, 0.3) is 0 Å². The first-order chi connectivity index (χ1) is 10.1. The lowest BCUT2D eigenvalue weighted by molar-refractivity contribution is 0.144. The molecule has 0 aromatic heterocycles. The molecule has 1 fully saturated rings. The molecule has 0 aliphatic carbocycles. The van der Waals surface area contributed by atoms with Crippen LogP contribution in [0.2, 0.25) is 0 Å². The Morgan fingerprint density at radius 3 is 2.43 bits per heavy atom. The maximum Gasteiger partial charge on any atom is 0.321 e. The van der Waals surface area contributed by atoms with Crippen molar-refractivity contribution in [3.63, 3.8) is 0 Å². The van der Waals surface area contributed by atoms with Crippen molar-refractivity contribution in [3.8, 4) is 0 Å². The molecule has 0 atom stereocenters. The Bertz CT molecular complexity index is 427. The predicted molar refractivity (Wildman–Crippen MR) is 86.6 cm³/mol. The van der Waals surface area contributed by atoms with E-state index in [1.165, 1.54) is 6.42 Å². The second kappa shape index (κ2) is 8.00. The summed E-state index contributed by atoms with van der Waals surface area (Å²) in [6, 6.07) is 9.64. The van der Waals surface area contributed by atoms with Crippen LogP contribution in [0.1, 0.15) is 6.42 Å². The molecule has 1 N–H and O–H groups in total. The molecule has 1 aliphatic rings. The normalized spacial score (nSPS) is 16.2. The Hall–Kier alpha value is -1.59. The van der Waals surface area contributed by atoms with Crippen molar-refractivity contribution in [2.24, 2.45) is 0 Å². The van der Waals surface area contributed by atoms with E-state index in [2.05, 4.69) is 29.2 Å². The van der Waals surface area contributed by atoms with Gasteiger partial charge in [-0.1, -0.05) is 18.2 Å². The minimum atomic E-state index is 0.00846. The van der Waals surface area contributed by atoms with Crippen molar-refractivity contribution in [3.05, 3.63) is 30.3 Å². The standard InChI is InChI=1S/C16H26N4O/c1-18(2)9-6-10-19-11-13-20(14-12-19)16(21)17-15-7-4-3-5-8-15/h3-5,7-8H,6,9-14H2,1-2H3,(H,17,21). The van der Waals surface area contributed by atoms with Gasteiger partial charge in [-0.3, -0.25) is 4.90 Å². The Labute approximate surface area is 127 Å². The molecular weight excluding hydrogens is 264 g/mol. The molecule has 1 heterocycles. The van der Waals surface area contributed by atoms with Gasteiger partial charge in [0.1, 0.15) is 0 Å².